The standard InChI is InChI=1S/C24H28N4O6S/c29-23(17-5-2-1-3-6-17)25-18-8-10-19(11-9-18)26-24(30)22-7-4-16-27(22)35(33,34)21-14-12-20(13-15-21)28(31)32/h1-3,5-6,12-15,18-19,22H,4,7-11,16H2,(H,25,29)(H,26,30)/t18?,19?,22-/m1/s1. The Morgan fingerprint density at radius 1 is 0.886 bits per heavy atom. The van der Waals surface area contributed by atoms with Gasteiger partial charge < -0.3 is 10.6 Å². The van der Waals surface area contributed by atoms with E-state index in [9.17, 15) is 28.1 Å². The van der Waals surface area contributed by atoms with Gasteiger partial charge in [0.05, 0.1) is 9.82 Å². The van der Waals surface area contributed by atoms with E-state index in [-0.39, 0.29) is 41.0 Å². The minimum absolute atomic E-state index is 0.0290. The summed E-state index contributed by atoms with van der Waals surface area (Å²) < 4.78 is 27.4. The maximum Gasteiger partial charge on any atom is 0.269 e. The minimum atomic E-state index is -3.96. The molecule has 2 aliphatic rings. The Kier molecular flexibility index (Phi) is 7.46. The number of hydrogen-bond donors (Lipinski definition) is 2. The third kappa shape index (κ3) is 5.68. The maximum absolute atomic E-state index is 13.1. The average molecular weight is 501 g/mol. The Morgan fingerprint density at radius 3 is 2.09 bits per heavy atom. The number of carbonyl (C=O) groups is 2. The van der Waals surface area contributed by atoms with Gasteiger partial charge in [-0.25, -0.2) is 8.42 Å². The van der Waals surface area contributed by atoms with Gasteiger partial charge in [-0.15, -0.1) is 0 Å². The van der Waals surface area contributed by atoms with Crippen LogP contribution < -0.4 is 10.6 Å². The van der Waals surface area contributed by atoms with Crippen molar-refractivity contribution in [3.8, 4) is 0 Å². The molecule has 2 N–H and O–H groups in total. The lowest BCUT2D eigenvalue weighted by Crippen LogP contribution is -2.50. The van der Waals surface area contributed by atoms with Crippen LogP contribution in [0.1, 0.15) is 48.9 Å². The molecule has 2 aromatic rings. The van der Waals surface area contributed by atoms with Gasteiger partial charge in [-0.3, -0.25) is 19.7 Å². The van der Waals surface area contributed by atoms with Gasteiger partial charge in [0.2, 0.25) is 15.9 Å². The van der Waals surface area contributed by atoms with E-state index in [0.717, 1.165) is 25.0 Å². The highest BCUT2D eigenvalue weighted by atomic mass is 32.2. The normalized spacial score (nSPS) is 22.9. The van der Waals surface area contributed by atoms with Crippen molar-refractivity contribution in [2.45, 2.75) is 61.5 Å². The molecule has 1 aliphatic carbocycles. The van der Waals surface area contributed by atoms with Crippen LogP contribution in [-0.4, -0.2) is 54.1 Å². The number of hydrogen-bond acceptors (Lipinski definition) is 6. The Morgan fingerprint density at radius 2 is 1.49 bits per heavy atom. The zero-order valence-corrected chi connectivity index (χ0v) is 19.9. The summed E-state index contributed by atoms with van der Waals surface area (Å²) in [5.41, 5.74) is 0.411. The molecule has 1 saturated heterocycles. The first-order valence-corrected chi connectivity index (χ1v) is 13.1. The molecule has 1 aliphatic heterocycles. The van der Waals surface area contributed by atoms with Gasteiger partial charge >= 0.3 is 0 Å². The zero-order valence-electron chi connectivity index (χ0n) is 19.1. The van der Waals surface area contributed by atoms with Gasteiger partial charge in [0.15, 0.2) is 0 Å². The second-order valence-corrected chi connectivity index (χ2v) is 10.8. The molecular formula is C24H28N4O6S. The predicted octanol–water partition coefficient (Wildman–Crippen LogP) is 2.61. The lowest BCUT2D eigenvalue weighted by atomic mass is 9.90. The quantitative estimate of drug-likeness (QED) is 0.443. The summed E-state index contributed by atoms with van der Waals surface area (Å²) in [6.45, 7) is 0.218. The summed E-state index contributed by atoms with van der Waals surface area (Å²) in [5, 5.41) is 16.9. The smallest absolute Gasteiger partial charge is 0.269 e. The number of nitrogens with zero attached hydrogens (tertiary/aromatic N) is 2. The average Bonchev–Trinajstić information content (AvgIpc) is 3.37. The monoisotopic (exact) mass is 500 g/mol. The molecule has 1 atom stereocenters. The van der Waals surface area contributed by atoms with Gasteiger partial charge in [-0.2, -0.15) is 4.31 Å². The molecule has 11 heteroatoms. The molecule has 2 amide bonds. The van der Waals surface area contributed by atoms with E-state index in [4.69, 9.17) is 0 Å². The summed E-state index contributed by atoms with van der Waals surface area (Å²) in [6.07, 6.45) is 3.79. The highest BCUT2D eigenvalue weighted by molar-refractivity contribution is 7.89. The summed E-state index contributed by atoms with van der Waals surface area (Å²) in [6, 6.07) is 12.8. The minimum Gasteiger partial charge on any atom is -0.352 e. The topological polar surface area (TPSA) is 139 Å². The molecule has 4 rings (SSSR count). The van der Waals surface area contributed by atoms with E-state index >= 15 is 0 Å². The Labute approximate surface area is 203 Å². The number of benzene rings is 2. The predicted molar refractivity (Wildman–Crippen MR) is 128 cm³/mol. The van der Waals surface area contributed by atoms with Crippen molar-refractivity contribution in [1.82, 2.24) is 14.9 Å². The van der Waals surface area contributed by atoms with Crippen LogP contribution in [0.2, 0.25) is 0 Å². The van der Waals surface area contributed by atoms with Crippen LogP contribution in [0, 0.1) is 10.1 Å². The first-order valence-electron chi connectivity index (χ1n) is 11.7. The molecule has 0 aromatic heterocycles. The third-order valence-electron chi connectivity index (χ3n) is 6.61. The summed E-state index contributed by atoms with van der Waals surface area (Å²) in [7, 11) is -3.96. The second kappa shape index (κ2) is 10.5. The fourth-order valence-corrected chi connectivity index (χ4v) is 6.36. The van der Waals surface area contributed by atoms with Crippen LogP contribution in [0.15, 0.2) is 59.5 Å². The van der Waals surface area contributed by atoms with Crippen LogP contribution >= 0.6 is 0 Å². The van der Waals surface area contributed by atoms with E-state index in [2.05, 4.69) is 10.6 Å². The van der Waals surface area contributed by atoms with Crippen LogP contribution in [0.3, 0.4) is 0 Å². The van der Waals surface area contributed by atoms with Crippen molar-refractivity contribution >= 4 is 27.5 Å². The maximum atomic E-state index is 13.1. The molecule has 35 heavy (non-hydrogen) atoms. The first kappa shape index (κ1) is 24.8. The Balaban J connectivity index is 1.32. The SMILES string of the molecule is O=C(NC1CCC(NC(=O)[C@H]2CCCN2S(=O)(=O)c2ccc([N+](=O)[O-])cc2)CC1)c1ccccc1. The lowest BCUT2D eigenvalue weighted by Gasteiger charge is -2.31. The van der Waals surface area contributed by atoms with Crippen LogP contribution in [0.5, 0.6) is 0 Å². The Hall–Kier alpha value is -3.31. The number of amides is 2. The number of nitro benzene ring substituents is 1. The number of carbonyl (C=O) groups excluding carboxylic acids is 2. The third-order valence-corrected chi connectivity index (χ3v) is 8.53. The lowest BCUT2D eigenvalue weighted by molar-refractivity contribution is -0.384. The molecule has 1 heterocycles. The van der Waals surface area contributed by atoms with Crippen molar-refractivity contribution in [2.75, 3.05) is 6.54 Å². The molecule has 0 spiro atoms. The zero-order chi connectivity index (χ0) is 25.0. The van der Waals surface area contributed by atoms with Crippen molar-refractivity contribution in [2.24, 2.45) is 0 Å². The van der Waals surface area contributed by atoms with Crippen molar-refractivity contribution < 1.29 is 22.9 Å². The molecule has 0 bridgehead atoms. The summed E-state index contributed by atoms with van der Waals surface area (Å²) in [5.74, 6) is -0.444. The number of nitro groups is 1. The van der Waals surface area contributed by atoms with E-state index in [1.807, 2.05) is 18.2 Å². The molecule has 0 radical (unpaired) electrons. The van der Waals surface area contributed by atoms with Crippen molar-refractivity contribution in [3.63, 3.8) is 0 Å². The van der Waals surface area contributed by atoms with Gasteiger partial charge in [-0.1, -0.05) is 18.2 Å². The second-order valence-electron chi connectivity index (χ2n) is 8.92. The van der Waals surface area contributed by atoms with Gasteiger partial charge in [0, 0.05) is 36.3 Å². The number of sulfonamides is 1. The van der Waals surface area contributed by atoms with Crippen molar-refractivity contribution in [3.05, 3.63) is 70.3 Å². The number of nitrogens with one attached hydrogen (secondary N) is 2. The Bertz CT molecular complexity index is 1180. The molecule has 2 fully saturated rings. The first-order chi connectivity index (χ1) is 16.8. The van der Waals surface area contributed by atoms with E-state index in [1.165, 1.54) is 16.4 Å². The molecule has 1 saturated carbocycles. The highest BCUT2D eigenvalue weighted by Gasteiger charge is 2.40. The van der Waals surface area contributed by atoms with Gasteiger partial charge in [-0.05, 0) is 62.8 Å². The largest absolute Gasteiger partial charge is 0.352 e. The van der Waals surface area contributed by atoms with E-state index in [1.54, 1.807) is 12.1 Å². The number of non-ortho nitro benzene ring substituents is 1. The number of rotatable bonds is 7. The summed E-state index contributed by atoms with van der Waals surface area (Å²) in [4.78, 5) is 35.6. The van der Waals surface area contributed by atoms with E-state index in [0.29, 0.717) is 31.2 Å². The van der Waals surface area contributed by atoms with Crippen molar-refractivity contribution in [1.29, 1.82) is 0 Å². The molecule has 0 unspecified atom stereocenters. The van der Waals surface area contributed by atoms with E-state index < -0.39 is 21.0 Å². The highest BCUT2D eigenvalue weighted by Crippen LogP contribution is 2.28. The molecular weight excluding hydrogens is 472 g/mol. The van der Waals surface area contributed by atoms with Gasteiger partial charge in [0.1, 0.15) is 6.04 Å². The van der Waals surface area contributed by atoms with Gasteiger partial charge in [0.25, 0.3) is 11.6 Å². The molecule has 10 nitrogen and oxygen atoms in total. The van der Waals surface area contributed by atoms with Crippen LogP contribution in [-0.2, 0) is 14.8 Å². The summed E-state index contributed by atoms with van der Waals surface area (Å²) >= 11 is 0. The van der Waals surface area contributed by atoms with Crippen LogP contribution in [0.25, 0.3) is 0 Å². The molecule has 186 valence electrons. The van der Waals surface area contributed by atoms with Crippen LogP contribution in [0.4, 0.5) is 5.69 Å². The fourth-order valence-electron chi connectivity index (χ4n) is 4.70. The molecule has 2 aromatic carbocycles. The fraction of sp³-hybridized carbons (Fsp3) is 0.417.